The van der Waals surface area contributed by atoms with Gasteiger partial charge in [0, 0.05) is 0 Å². The van der Waals surface area contributed by atoms with Gasteiger partial charge in [-0.05, 0) is 49.9 Å². The summed E-state index contributed by atoms with van der Waals surface area (Å²) in [5.74, 6) is -1.23. The molecule has 1 heterocycles. The molecule has 3 rings (SSSR count). The molecule has 6 nitrogen and oxygen atoms in total. The van der Waals surface area contributed by atoms with E-state index >= 15 is 0 Å². The molecule has 1 saturated heterocycles. The summed E-state index contributed by atoms with van der Waals surface area (Å²) >= 11 is 0. The molecule has 1 aliphatic heterocycles. The fourth-order valence-corrected chi connectivity index (χ4v) is 3.36. The van der Waals surface area contributed by atoms with E-state index in [4.69, 9.17) is 0 Å². The van der Waals surface area contributed by atoms with E-state index in [1.807, 2.05) is 30.3 Å². The average Bonchev–Trinajstić information content (AvgIpc) is 2.91. The van der Waals surface area contributed by atoms with Crippen molar-refractivity contribution in [2.75, 3.05) is 6.54 Å². The maximum atomic E-state index is 13.0. The Hall–Kier alpha value is -3.22. The first-order valence-corrected chi connectivity index (χ1v) is 9.51. The smallest absolute Gasteiger partial charge is 0.325 e. The van der Waals surface area contributed by atoms with Gasteiger partial charge >= 0.3 is 6.03 Å². The first-order chi connectivity index (χ1) is 13.8. The lowest BCUT2D eigenvalue weighted by molar-refractivity contribution is -0.134. The third kappa shape index (κ3) is 4.80. The summed E-state index contributed by atoms with van der Waals surface area (Å²) in [5, 5.41) is 5.45. The van der Waals surface area contributed by atoms with Crippen molar-refractivity contribution in [2.24, 2.45) is 0 Å². The number of urea groups is 1. The van der Waals surface area contributed by atoms with Crippen LogP contribution in [0.4, 0.5) is 9.18 Å². The number of carbonyl (C=O) groups is 3. The van der Waals surface area contributed by atoms with E-state index < -0.39 is 23.4 Å². The summed E-state index contributed by atoms with van der Waals surface area (Å²) in [7, 11) is 0. The Balaban J connectivity index is 1.58. The first kappa shape index (κ1) is 20.5. The van der Waals surface area contributed by atoms with Gasteiger partial charge < -0.3 is 10.6 Å². The molecule has 2 atom stereocenters. The molecule has 0 bridgehead atoms. The number of amides is 4. The quantitative estimate of drug-likeness (QED) is 0.705. The van der Waals surface area contributed by atoms with E-state index in [0.29, 0.717) is 12.8 Å². The zero-order valence-corrected chi connectivity index (χ0v) is 16.4. The van der Waals surface area contributed by atoms with E-state index in [0.717, 1.165) is 16.0 Å². The van der Waals surface area contributed by atoms with Gasteiger partial charge in [0.05, 0.1) is 6.04 Å². The van der Waals surface area contributed by atoms with Gasteiger partial charge in [-0.3, -0.25) is 14.5 Å². The summed E-state index contributed by atoms with van der Waals surface area (Å²) < 4.78 is 13.0. The van der Waals surface area contributed by atoms with Gasteiger partial charge in [-0.2, -0.15) is 0 Å². The number of rotatable bonds is 7. The molecule has 152 valence electrons. The van der Waals surface area contributed by atoms with Crippen LogP contribution in [0, 0.1) is 5.82 Å². The van der Waals surface area contributed by atoms with E-state index in [9.17, 15) is 18.8 Å². The predicted octanol–water partition coefficient (Wildman–Crippen LogP) is 2.95. The number of hydrogen-bond donors (Lipinski definition) is 2. The standard InChI is InChI=1S/C22H24FN3O3/c1-15(17-8-10-18(23)11-9-17)24-19(27)14-26-20(28)22(2,25-21(26)29)13-12-16-6-4-3-5-7-16/h3-11,15H,12-14H2,1-2H3,(H,24,27)(H,25,29)/t15-,22+/m1/s1. The Bertz CT molecular complexity index is 901. The molecule has 0 spiro atoms. The molecule has 2 aromatic carbocycles. The highest BCUT2D eigenvalue weighted by Gasteiger charge is 2.47. The summed E-state index contributed by atoms with van der Waals surface area (Å²) in [6.45, 7) is 3.06. The van der Waals surface area contributed by atoms with Crippen LogP contribution < -0.4 is 10.6 Å². The Morgan fingerprint density at radius 2 is 1.79 bits per heavy atom. The molecular weight excluding hydrogens is 373 g/mol. The Morgan fingerprint density at radius 1 is 1.14 bits per heavy atom. The highest BCUT2D eigenvalue weighted by Crippen LogP contribution is 2.23. The van der Waals surface area contributed by atoms with E-state index in [1.54, 1.807) is 26.0 Å². The summed E-state index contributed by atoms with van der Waals surface area (Å²) in [6, 6.07) is 14.5. The van der Waals surface area contributed by atoms with Crippen LogP contribution >= 0.6 is 0 Å². The number of benzene rings is 2. The Morgan fingerprint density at radius 3 is 2.45 bits per heavy atom. The number of imide groups is 1. The van der Waals surface area contributed by atoms with Gasteiger partial charge in [-0.15, -0.1) is 0 Å². The first-order valence-electron chi connectivity index (χ1n) is 9.51. The summed E-state index contributed by atoms with van der Waals surface area (Å²) in [5.41, 5.74) is 0.750. The molecule has 1 aliphatic rings. The minimum Gasteiger partial charge on any atom is -0.348 e. The van der Waals surface area contributed by atoms with Gasteiger partial charge in [-0.25, -0.2) is 9.18 Å². The van der Waals surface area contributed by atoms with Crippen LogP contribution in [0.1, 0.15) is 37.4 Å². The predicted molar refractivity (Wildman–Crippen MR) is 106 cm³/mol. The van der Waals surface area contributed by atoms with Crippen molar-refractivity contribution < 1.29 is 18.8 Å². The second-order valence-corrected chi connectivity index (χ2v) is 7.48. The van der Waals surface area contributed by atoms with E-state index in [2.05, 4.69) is 10.6 Å². The van der Waals surface area contributed by atoms with Gasteiger partial charge in [0.15, 0.2) is 0 Å². The second kappa shape index (κ2) is 8.43. The molecule has 0 saturated carbocycles. The van der Waals surface area contributed by atoms with Crippen molar-refractivity contribution >= 4 is 17.8 Å². The number of aryl methyl sites for hydroxylation is 1. The molecule has 0 radical (unpaired) electrons. The lowest BCUT2D eigenvalue weighted by Crippen LogP contribution is -2.45. The van der Waals surface area contributed by atoms with Crippen molar-refractivity contribution in [3.8, 4) is 0 Å². The largest absolute Gasteiger partial charge is 0.348 e. The molecule has 1 fully saturated rings. The van der Waals surface area contributed by atoms with Crippen LogP contribution in [0.3, 0.4) is 0 Å². The van der Waals surface area contributed by atoms with Crippen molar-refractivity contribution in [1.29, 1.82) is 0 Å². The van der Waals surface area contributed by atoms with Crippen molar-refractivity contribution in [1.82, 2.24) is 15.5 Å². The maximum Gasteiger partial charge on any atom is 0.325 e. The lowest BCUT2D eigenvalue weighted by atomic mass is 9.93. The summed E-state index contributed by atoms with van der Waals surface area (Å²) in [4.78, 5) is 38.4. The van der Waals surface area contributed by atoms with Crippen molar-refractivity contribution in [2.45, 2.75) is 38.3 Å². The number of carbonyl (C=O) groups excluding carboxylic acids is 3. The van der Waals surface area contributed by atoms with Crippen LogP contribution in [0.25, 0.3) is 0 Å². The molecule has 0 aliphatic carbocycles. The number of hydrogen-bond acceptors (Lipinski definition) is 3. The molecule has 7 heteroatoms. The zero-order chi connectivity index (χ0) is 21.0. The normalized spacial score (nSPS) is 19.8. The molecule has 2 N–H and O–H groups in total. The molecule has 29 heavy (non-hydrogen) atoms. The second-order valence-electron chi connectivity index (χ2n) is 7.48. The van der Waals surface area contributed by atoms with Crippen LogP contribution in [-0.2, 0) is 16.0 Å². The third-order valence-corrected chi connectivity index (χ3v) is 5.15. The number of nitrogens with one attached hydrogen (secondary N) is 2. The molecular formula is C22H24FN3O3. The van der Waals surface area contributed by atoms with Gasteiger partial charge in [0.25, 0.3) is 5.91 Å². The Kier molecular flexibility index (Phi) is 5.96. The van der Waals surface area contributed by atoms with E-state index in [1.165, 1.54) is 12.1 Å². The number of halogens is 1. The fraction of sp³-hybridized carbons (Fsp3) is 0.318. The minimum atomic E-state index is -1.05. The van der Waals surface area contributed by atoms with Crippen molar-refractivity contribution in [3.05, 3.63) is 71.5 Å². The highest BCUT2D eigenvalue weighted by atomic mass is 19.1. The SMILES string of the molecule is C[C@@H](NC(=O)CN1C(=O)N[C@@](C)(CCc2ccccc2)C1=O)c1ccc(F)cc1. The van der Waals surface area contributed by atoms with Gasteiger partial charge in [0.2, 0.25) is 5.91 Å². The monoisotopic (exact) mass is 397 g/mol. The van der Waals surface area contributed by atoms with Crippen molar-refractivity contribution in [3.63, 3.8) is 0 Å². The summed E-state index contributed by atoms with van der Waals surface area (Å²) in [6.07, 6.45) is 1.07. The highest BCUT2D eigenvalue weighted by molar-refractivity contribution is 6.08. The molecule has 0 unspecified atom stereocenters. The number of nitrogens with zero attached hydrogens (tertiary/aromatic N) is 1. The van der Waals surface area contributed by atoms with Gasteiger partial charge in [0.1, 0.15) is 17.9 Å². The van der Waals surface area contributed by atoms with Crippen LogP contribution in [0.15, 0.2) is 54.6 Å². The third-order valence-electron chi connectivity index (χ3n) is 5.15. The minimum absolute atomic E-state index is 0.360. The molecule has 4 amide bonds. The molecule has 2 aromatic rings. The van der Waals surface area contributed by atoms with Crippen LogP contribution in [0.2, 0.25) is 0 Å². The molecule has 0 aromatic heterocycles. The van der Waals surface area contributed by atoms with Gasteiger partial charge in [-0.1, -0.05) is 42.5 Å². The maximum absolute atomic E-state index is 13.0. The van der Waals surface area contributed by atoms with Crippen LogP contribution in [0.5, 0.6) is 0 Å². The Labute approximate surface area is 169 Å². The fourth-order valence-electron chi connectivity index (χ4n) is 3.36. The van der Waals surface area contributed by atoms with Crippen LogP contribution in [-0.4, -0.2) is 34.8 Å². The van der Waals surface area contributed by atoms with E-state index in [-0.39, 0.29) is 18.4 Å². The average molecular weight is 397 g/mol. The topological polar surface area (TPSA) is 78.5 Å². The lowest BCUT2D eigenvalue weighted by Gasteiger charge is -2.22. The zero-order valence-electron chi connectivity index (χ0n) is 16.4.